The summed E-state index contributed by atoms with van der Waals surface area (Å²) in [7, 11) is 1.42. The minimum atomic E-state index is -1.40. The Kier molecular flexibility index (Phi) is 7.50. The zero-order chi connectivity index (χ0) is 24.4. The van der Waals surface area contributed by atoms with Crippen LogP contribution in [0.25, 0.3) is 11.2 Å². The fourth-order valence-electron chi connectivity index (χ4n) is 3.63. The van der Waals surface area contributed by atoms with Gasteiger partial charge in [0.25, 0.3) is 5.91 Å². The number of fused-ring (bicyclic) bond motifs is 1. The van der Waals surface area contributed by atoms with Gasteiger partial charge in [-0.15, -0.1) is 0 Å². The number of anilines is 1. The van der Waals surface area contributed by atoms with Crippen molar-refractivity contribution >= 4 is 63.1 Å². The van der Waals surface area contributed by atoms with Gasteiger partial charge in [0, 0.05) is 23.6 Å². The van der Waals surface area contributed by atoms with Crippen LogP contribution in [0.3, 0.4) is 0 Å². The Morgan fingerprint density at radius 3 is 2.85 bits per heavy atom. The maximum Gasteiger partial charge on any atom is 0.306 e. The van der Waals surface area contributed by atoms with E-state index in [1.807, 2.05) is 24.3 Å². The van der Waals surface area contributed by atoms with Gasteiger partial charge in [-0.1, -0.05) is 19.1 Å². The molecule has 2 aromatic heterocycles. The second-order valence-electron chi connectivity index (χ2n) is 7.51. The molecule has 11 nitrogen and oxygen atoms in total. The van der Waals surface area contributed by atoms with Gasteiger partial charge in [-0.2, -0.15) is 9.97 Å². The highest BCUT2D eigenvalue weighted by Gasteiger charge is 2.50. The van der Waals surface area contributed by atoms with E-state index < -0.39 is 36.4 Å². The summed E-state index contributed by atoms with van der Waals surface area (Å²) in [4.78, 5) is 37.2. The lowest BCUT2D eigenvalue weighted by atomic mass is 10.1. The molecule has 4 rings (SSSR count). The van der Waals surface area contributed by atoms with E-state index in [-0.39, 0.29) is 17.4 Å². The van der Waals surface area contributed by atoms with Crippen LogP contribution >= 0.6 is 34.2 Å². The van der Waals surface area contributed by atoms with Crippen molar-refractivity contribution in [1.82, 2.24) is 24.8 Å². The summed E-state index contributed by atoms with van der Waals surface area (Å²) in [5, 5.41) is 16.3. The van der Waals surface area contributed by atoms with Crippen molar-refractivity contribution in [3.05, 3.63) is 45.0 Å². The van der Waals surface area contributed by atoms with Crippen LogP contribution in [-0.4, -0.2) is 61.9 Å². The van der Waals surface area contributed by atoms with E-state index in [1.54, 1.807) is 6.92 Å². The third-order valence-electron chi connectivity index (χ3n) is 5.29. The Labute approximate surface area is 213 Å². The molecule has 3 aromatic rings. The molecule has 3 N–H and O–H groups in total. The number of halogens is 2. The average Bonchev–Trinajstić information content (AvgIpc) is 3.38. The normalized spacial score (nSPS) is 22.0. The lowest BCUT2D eigenvalue weighted by Crippen LogP contribution is -2.42. The van der Waals surface area contributed by atoms with Crippen molar-refractivity contribution in [2.24, 2.45) is 0 Å². The number of aromatic nitrogens is 4. The van der Waals surface area contributed by atoms with E-state index in [0.717, 1.165) is 9.13 Å². The molecule has 0 unspecified atom stereocenters. The second kappa shape index (κ2) is 10.4. The third kappa shape index (κ3) is 4.94. The summed E-state index contributed by atoms with van der Waals surface area (Å²) in [5.41, 5.74) is 1.73. The van der Waals surface area contributed by atoms with Gasteiger partial charge >= 0.3 is 5.97 Å². The van der Waals surface area contributed by atoms with Crippen LogP contribution in [0.4, 0.5) is 5.82 Å². The van der Waals surface area contributed by atoms with Crippen molar-refractivity contribution in [2.75, 3.05) is 12.4 Å². The summed E-state index contributed by atoms with van der Waals surface area (Å²) in [6.07, 6.45) is -3.36. The SMILES string of the molecule is CCC(=O)O[C@@H]1[C@H](O)[C@@H](C(=O)NC)O[C@H]1n1cnc2c(NCc3cccc(I)c3)nc(Cl)nc21. The van der Waals surface area contributed by atoms with Gasteiger partial charge in [0.15, 0.2) is 35.4 Å². The third-order valence-corrected chi connectivity index (χ3v) is 6.13. The van der Waals surface area contributed by atoms with Gasteiger partial charge in [-0.3, -0.25) is 14.2 Å². The van der Waals surface area contributed by atoms with E-state index in [2.05, 4.69) is 48.2 Å². The van der Waals surface area contributed by atoms with Crippen molar-refractivity contribution in [3.63, 3.8) is 0 Å². The standard InChI is InChI=1S/C21H22ClIN6O5/c1-3-12(30)33-16-14(31)15(19(32)24-2)34-20(16)29-9-26-13-17(27-21(22)28-18(13)29)25-8-10-5-4-6-11(23)7-10/h4-7,9,14-16,20,31H,3,8H2,1-2H3,(H,24,32)(H,25,27,28)/t14-,15+,16-,20-/m1/s1. The predicted octanol–water partition coefficient (Wildman–Crippen LogP) is 2.02. The molecule has 180 valence electrons. The number of carbonyl (C=O) groups is 2. The Bertz CT molecular complexity index is 1220. The molecule has 0 bridgehead atoms. The molecule has 0 saturated carbocycles. The highest BCUT2D eigenvalue weighted by Crippen LogP contribution is 2.35. The molecular weight excluding hydrogens is 579 g/mol. The molecule has 0 spiro atoms. The number of nitrogens with zero attached hydrogens (tertiary/aromatic N) is 4. The summed E-state index contributed by atoms with van der Waals surface area (Å²) in [6, 6.07) is 7.97. The molecular formula is C21H22ClIN6O5. The summed E-state index contributed by atoms with van der Waals surface area (Å²) in [6.45, 7) is 2.10. The van der Waals surface area contributed by atoms with Crippen molar-refractivity contribution < 1.29 is 24.2 Å². The average molecular weight is 601 g/mol. The number of imidazole rings is 1. The summed E-state index contributed by atoms with van der Waals surface area (Å²) >= 11 is 8.43. The number of rotatable bonds is 7. The van der Waals surface area contributed by atoms with Crippen molar-refractivity contribution in [3.8, 4) is 0 Å². The minimum Gasteiger partial charge on any atom is -0.455 e. The smallest absolute Gasteiger partial charge is 0.306 e. The number of aliphatic hydroxyl groups is 1. The highest BCUT2D eigenvalue weighted by atomic mass is 127. The first-order valence-electron chi connectivity index (χ1n) is 10.4. The number of amides is 1. The van der Waals surface area contributed by atoms with E-state index in [4.69, 9.17) is 21.1 Å². The molecule has 1 saturated heterocycles. The lowest BCUT2D eigenvalue weighted by molar-refractivity contribution is -0.158. The predicted molar refractivity (Wildman–Crippen MR) is 131 cm³/mol. The van der Waals surface area contributed by atoms with Crippen molar-refractivity contribution in [2.45, 2.75) is 44.4 Å². The number of benzene rings is 1. The molecule has 1 fully saturated rings. The summed E-state index contributed by atoms with van der Waals surface area (Å²) in [5.74, 6) is -0.701. The fourth-order valence-corrected chi connectivity index (χ4v) is 4.40. The van der Waals surface area contributed by atoms with E-state index in [9.17, 15) is 14.7 Å². The molecule has 1 aromatic carbocycles. The van der Waals surface area contributed by atoms with Crippen LogP contribution in [0.5, 0.6) is 0 Å². The first kappa shape index (κ1) is 24.6. The quantitative estimate of drug-likeness (QED) is 0.211. The first-order chi connectivity index (χ1) is 16.3. The Morgan fingerprint density at radius 1 is 1.35 bits per heavy atom. The zero-order valence-corrected chi connectivity index (χ0v) is 21.1. The van der Waals surface area contributed by atoms with Gasteiger partial charge in [0.1, 0.15) is 6.10 Å². The largest absolute Gasteiger partial charge is 0.455 e. The molecule has 1 aliphatic rings. The van der Waals surface area contributed by atoms with Gasteiger partial charge in [0.05, 0.1) is 6.33 Å². The van der Waals surface area contributed by atoms with Crippen LogP contribution in [0.15, 0.2) is 30.6 Å². The number of ether oxygens (including phenoxy) is 2. The highest BCUT2D eigenvalue weighted by molar-refractivity contribution is 14.1. The zero-order valence-electron chi connectivity index (χ0n) is 18.2. The monoisotopic (exact) mass is 600 g/mol. The number of hydrogen-bond acceptors (Lipinski definition) is 9. The Hall–Kier alpha value is -2.55. The maximum atomic E-state index is 12.2. The number of hydrogen-bond donors (Lipinski definition) is 3. The number of carbonyl (C=O) groups excluding carboxylic acids is 2. The minimum absolute atomic E-state index is 0.0390. The van der Waals surface area contributed by atoms with E-state index in [1.165, 1.54) is 17.9 Å². The van der Waals surface area contributed by atoms with E-state index in [0.29, 0.717) is 17.9 Å². The van der Waals surface area contributed by atoms with Crippen LogP contribution in [0.2, 0.25) is 5.28 Å². The van der Waals surface area contributed by atoms with Gasteiger partial charge < -0.3 is 25.2 Å². The fraction of sp³-hybridized carbons (Fsp3) is 0.381. The number of esters is 1. The van der Waals surface area contributed by atoms with Gasteiger partial charge in [0.2, 0.25) is 5.28 Å². The maximum absolute atomic E-state index is 12.2. The molecule has 4 atom stereocenters. The second-order valence-corrected chi connectivity index (χ2v) is 9.09. The number of aliphatic hydroxyl groups excluding tert-OH is 1. The van der Waals surface area contributed by atoms with Crippen LogP contribution in [-0.2, 0) is 25.6 Å². The molecule has 0 radical (unpaired) electrons. The molecule has 13 heteroatoms. The van der Waals surface area contributed by atoms with Gasteiger partial charge in [-0.25, -0.2) is 4.98 Å². The molecule has 34 heavy (non-hydrogen) atoms. The van der Waals surface area contributed by atoms with Gasteiger partial charge in [-0.05, 0) is 51.9 Å². The number of likely N-dealkylation sites (N-methyl/N-ethyl adjacent to an activating group) is 1. The molecule has 1 aliphatic heterocycles. The van der Waals surface area contributed by atoms with Crippen LogP contribution in [0, 0.1) is 3.57 Å². The molecule has 0 aliphatic carbocycles. The Morgan fingerprint density at radius 2 is 2.15 bits per heavy atom. The molecule has 3 heterocycles. The number of nitrogens with one attached hydrogen (secondary N) is 2. The lowest BCUT2D eigenvalue weighted by Gasteiger charge is -2.21. The van der Waals surface area contributed by atoms with Crippen molar-refractivity contribution in [1.29, 1.82) is 0 Å². The van der Waals surface area contributed by atoms with Crippen LogP contribution in [0.1, 0.15) is 25.1 Å². The Balaban J connectivity index is 1.69. The first-order valence-corrected chi connectivity index (χ1v) is 11.9. The van der Waals surface area contributed by atoms with Crippen LogP contribution < -0.4 is 10.6 Å². The summed E-state index contributed by atoms with van der Waals surface area (Å²) < 4.78 is 13.8. The topological polar surface area (TPSA) is 140 Å². The molecule has 1 amide bonds. The van der Waals surface area contributed by atoms with E-state index >= 15 is 0 Å².